The molecule has 1 saturated heterocycles. The van der Waals surface area contributed by atoms with E-state index < -0.39 is 0 Å². The maximum Gasteiger partial charge on any atom is 0.129 e. The minimum absolute atomic E-state index is 0. The summed E-state index contributed by atoms with van der Waals surface area (Å²) in [5.74, 6) is 0. The van der Waals surface area contributed by atoms with Crippen molar-refractivity contribution in [2.24, 2.45) is 0 Å². The Labute approximate surface area is 120 Å². The number of halogens is 2. The topological polar surface area (TPSA) is 34.1 Å². The van der Waals surface area contributed by atoms with Gasteiger partial charge in [0.2, 0.25) is 0 Å². The van der Waals surface area contributed by atoms with Crippen LogP contribution < -0.4 is 5.32 Å². The zero-order valence-electron chi connectivity index (χ0n) is 10.4. The van der Waals surface area contributed by atoms with E-state index in [2.05, 4.69) is 10.3 Å². The molecule has 0 radical (unpaired) electrons. The fraction of sp³-hybridized carbons (Fsp3) is 0.615. The number of hydrogen-bond acceptors (Lipinski definition) is 3. The van der Waals surface area contributed by atoms with Crippen molar-refractivity contribution in [2.75, 3.05) is 13.2 Å². The predicted molar refractivity (Wildman–Crippen MR) is 76.4 cm³/mol. The van der Waals surface area contributed by atoms with Gasteiger partial charge in [-0.1, -0.05) is 24.1 Å². The van der Waals surface area contributed by atoms with Crippen LogP contribution in [0.1, 0.15) is 31.2 Å². The van der Waals surface area contributed by atoms with Crippen LogP contribution in [-0.2, 0) is 11.3 Å². The average molecular weight is 291 g/mol. The summed E-state index contributed by atoms with van der Waals surface area (Å²) in [5, 5.41) is 4.04. The third kappa shape index (κ3) is 5.53. The fourth-order valence-corrected chi connectivity index (χ4v) is 2.19. The van der Waals surface area contributed by atoms with Gasteiger partial charge in [0.05, 0.1) is 6.61 Å². The summed E-state index contributed by atoms with van der Waals surface area (Å²) in [5.41, 5.74) is 1.08. The Morgan fingerprint density at radius 2 is 2.28 bits per heavy atom. The van der Waals surface area contributed by atoms with Gasteiger partial charge >= 0.3 is 0 Å². The minimum Gasteiger partial charge on any atom is -0.377 e. The van der Waals surface area contributed by atoms with Crippen LogP contribution in [0.2, 0.25) is 5.15 Å². The standard InChI is InChI=1S/C13H19ClN2O.ClH/c14-13-5-4-11(9-16-13)10-17-8-6-12-3-1-2-7-15-12;/h4-5,9,12,15H,1-3,6-8,10H2;1H. The van der Waals surface area contributed by atoms with Crippen LogP contribution in [0, 0.1) is 0 Å². The number of pyridine rings is 1. The summed E-state index contributed by atoms with van der Waals surface area (Å²) in [6.07, 6.45) is 6.81. The average Bonchev–Trinajstić information content (AvgIpc) is 2.38. The lowest BCUT2D eigenvalue weighted by Gasteiger charge is -2.23. The molecule has 0 aliphatic carbocycles. The second-order valence-corrected chi connectivity index (χ2v) is 4.86. The molecule has 1 N–H and O–H groups in total. The second kappa shape index (κ2) is 8.70. The van der Waals surface area contributed by atoms with Crippen LogP contribution >= 0.6 is 24.0 Å². The highest BCUT2D eigenvalue weighted by Crippen LogP contribution is 2.11. The van der Waals surface area contributed by atoms with Crippen molar-refractivity contribution in [3.8, 4) is 0 Å². The lowest BCUT2D eigenvalue weighted by Crippen LogP contribution is -2.34. The molecule has 18 heavy (non-hydrogen) atoms. The Balaban J connectivity index is 0.00000162. The van der Waals surface area contributed by atoms with Gasteiger partial charge in [-0.15, -0.1) is 12.4 Å². The molecular formula is C13H20Cl2N2O. The van der Waals surface area contributed by atoms with E-state index in [0.29, 0.717) is 17.8 Å². The van der Waals surface area contributed by atoms with Gasteiger partial charge in [0.25, 0.3) is 0 Å². The highest BCUT2D eigenvalue weighted by atomic mass is 35.5. The molecule has 2 heterocycles. The van der Waals surface area contributed by atoms with Gasteiger partial charge in [-0.25, -0.2) is 4.98 Å². The van der Waals surface area contributed by atoms with Crippen LogP contribution in [0.15, 0.2) is 18.3 Å². The monoisotopic (exact) mass is 290 g/mol. The first-order chi connectivity index (χ1) is 8.34. The molecule has 3 nitrogen and oxygen atoms in total. The van der Waals surface area contributed by atoms with Gasteiger partial charge in [0.15, 0.2) is 0 Å². The molecule has 0 amide bonds. The van der Waals surface area contributed by atoms with E-state index in [1.54, 1.807) is 12.3 Å². The number of ether oxygens (including phenoxy) is 1. The first kappa shape index (κ1) is 15.7. The molecule has 0 spiro atoms. The molecule has 1 aromatic rings. The van der Waals surface area contributed by atoms with Gasteiger partial charge < -0.3 is 10.1 Å². The third-order valence-electron chi connectivity index (χ3n) is 3.08. The summed E-state index contributed by atoms with van der Waals surface area (Å²) < 4.78 is 5.64. The Morgan fingerprint density at radius 1 is 1.39 bits per heavy atom. The molecule has 1 aliphatic heterocycles. The van der Waals surface area contributed by atoms with Crippen molar-refractivity contribution in [3.63, 3.8) is 0 Å². The third-order valence-corrected chi connectivity index (χ3v) is 3.30. The highest BCUT2D eigenvalue weighted by molar-refractivity contribution is 6.29. The molecule has 5 heteroatoms. The number of nitrogens with one attached hydrogen (secondary N) is 1. The van der Waals surface area contributed by atoms with Gasteiger partial charge in [-0.2, -0.15) is 0 Å². The molecular weight excluding hydrogens is 271 g/mol. The second-order valence-electron chi connectivity index (χ2n) is 4.48. The van der Waals surface area contributed by atoms with E-state index in [4.69, 9.17) is 16.3 Å². The van der Waals surface area contributed by atoms with Gasteiger partial charge in [-0.3, -0.25) is 0 Å². The first-order valence-electron chi connectivity index (χ1n) is 6.26. The van der Waals surface area contributed by atoms with Crippen molar-refractivity contribution >= 4 is 24.0 Å². The van der Waals surface area contributed by atoms with Crippen LogP contribution in [0.3, 0.4) is 0 Å². The van der Waals surface area contributed by atoms with E-state index in [9.17, 15) is 0 Å². The van der Waals surface area contributed by atoms with E-state index in [-0.39, 0.29) is 12.4 Å². The maximum atomic E-state index is 5.71. The molecule has 2 rings (SSSR count). The number of nitrogens with zero attached hydrogens (tertiary/aromatic N) is 1. The van der Waals surface area contributed by atoms with Crippen molar-refractivity contribution in [3.05, 3.63) is 29.0 Å². The fourth-order valence-electron chi connectivity index (χ4n) is 2.08. The smallest absolute Gasteiger partial charge is 0.129 e. The summed E-state index contributed by atoms with van der Waals surface area (Å²) in [6, 6.07) is 4.39. The Bertz CT molecular complexity index is 326. The molecule has 1 atom stereocenters. The maximum absolute atomic E-state index is 5.71. The molecule has 1 fully saturated rings. The van der Waals surface area contributed by atoms with Crippen molar-refractivity contribution in [1.82, 2.24) is 10.3 Å². The van der Waals surface area contributed by atoms with Crippen LogP contribution in [0.4, 0.5) is 0 Å². The van der Waals surface area contributed by atoms with E-state index in [1.807, 2.05) is 6.07 Å². The van der Waals surface area contributed by atoms with Gasteiger partial charge in [-0.05, 0) is 37.4 Å². The largest absolute Gasteiger partial charge is 0.377 e. The zero-order valence-corrected chi connectivity index (χ0v) is 12.0. The van der Waals surface area contributed by atoms with Gasteiger partial charge in [0.1, 0.15) is 5.15 Å². The lowest BCUT2D eigenvalue weighted by molar-refractivity contribution is 0.108. The van der Waals surface area contributed by atoms with E-state index in [0.717, 1.165) is 25.1 Å². The van der Waals surface area contributed by atoms with Crippen LogP contribution in [0.25, 0.3) is 0 Å². The van der Waals surface area contributed by atoms with Crippen LogP contribution in [0.5, 0.6) is 0 Å². The van der Waals surface area contributed by atoms with E-state index in [1.165, 1.54) is 19.3 Å². The molecule has 0 aromatic carbocycles. The Morgan fingerprint density at radius 3 is 2.94 bits per heavy atom. The van der Waals surface area contributed by atoms with Crippen molar-refractivity contribution < 1.29 is 4.74 Å². The number of aromatic nitrogens is 1. The zero-order chi connectivity index (χ0) is 11.9. The Kier molecular flexibility index (Phi) is 7.59. The number of rotatable bonds is 5. The molecule has 1 aliphatic rings. The Hall–Kier alpha value is -0.350. The van der Waals surface area contributed by atoms with Crippen molar-refractivity contribution in [1.29, 1.82) is 0 Å². The summed E-state index contributed by atoms with van der Waals surface area (Å²) in [4.78, 5) is 4.02. The quantitative estimate of drug-likeness (QED) is 0.668. The molecule has 0 bridgehead atoms. The summed E-state index contributed by atoms with van der Waals surface area (Å²) in [7, 11) is 0. The van der Waals surface area contributed by atoms with Gasteiger partial charge in [0, 0.05) is 18.8 Å². The number of hydrogen-bond donors (Lipinski definition) is 1. The highest BCUT2D eigenvalue weighted by Gasteiger charge is 2.11. The molecule has 1 unspecified atom stereocenters. The predicted octanol–water partition coefficient (Wildman–Crippen LogP) is 3.21. The molecule has 102 valence electrons. The lowest BCUT2D eigenvalue weighted by atomic mass is 10.0. The molecule has 0 saturated carbocycles. The van der Waals surface area contributed by atoms with E-state index >= 15 is 0 Å². The normalized spacial score (nSPS) is 19.3. The SMILES string of the molecule is Cl.Clc1ccc(COCCC2CCCCN2)cn1. The summed E-state index contributed by atoms with van der Waals surface area (Å²) in [6.45, 7) is 2.59. The molecule has 1 aromatic heterocycles. The van der Waals surface area contributed by atoms with Crippen LogP contribution in [-0.4, -0.2) is 24.2 Å². The first-order valence-corrected chi connectivity index (χ1v) is 6.64. The summed E-state index contributed by atoms with van der Waals surface area (Å²) >= 11 is 5.71. The minimum atomic E-state index is 0. The van der Waals surface area contributed by atoms with Crippen molar-refractivity contribution in [2.45, 2.75) is 38.3 Å². The number of piperidine rings is 1.